The first-order valence-corrected chi connectivity index (χ1v) is 10.7. The first-order valence-electron chi connectivity index (χ1n) is 8.80. The van der Waals surface area contributed by atoms with Crippen LogP contribution in [0.4, 0.5) is 4.39 Å². The van der Waals surface area contributed by atoms with Crippen LogP contribution in [0.25, 0.3) is 11.5 Å². The van der Waals surface area contributed by atoms with E-state index in [9.17, 15) is 12.8 Å². The molecule has 1 atom stereocenters. The fourth-order valence-electron chi connectivity index (χ4n) is 3.32. The Morgan fingerprint density at radius 2 is 2.08 bits per heavy atom. The van der Waals surface area contributed by atoms with E-state index in [4.69, 9.17) is 4.42 Å². The maximum Gasteiger partial charge on any atom is 0.226 e. The van der Waals surface area contributed by atoms with Gasteiger partial charge in [0.25, 0.3) is 0 Å². The number of nitrogens with one attached hydrogen (secondary N) is 1. The first-order chi connectivity index (χ1) is 12.4. The number of likely N-dealkylation sites (tertiary alicyclic amines) is 1. The third kappa shape index (κ3) is 5.36. The molecule has 0 bridgehead atoms. The molecule has 8 heteroatoms. The van der Waals surface area contributed by atoms with Crippen LogP contribution in [0.1, 0.15) is 31.4 Å². The van der Waals surface area contributed by atoms with Crippen LogP contribution in [0.3, 0.4) is 0 Å². The van der Waals surface area contributed by atoms with Crippen molar-refractivity contribution in [3.8, 4) is 11.5 Å². The summed E-state index contributed by atoms with van der Waals surface area (Å²) in [7, 11) is -3.15. The number of benzene rings is 1. The molecule has 0 aliphatic carbocycles. The Kier molecular flexibility index (Phi) is 6.05. The van der Waals surface area contributed by atoms with Gasteiger partial charge in [-0.05, 0) is 50.1 Å². The topological polar surface area (TPSA) is 75.4 Å². The second-order valence-electron chi connectivity index (χ2n) is 6.73. The van der Waals surface area contributed by atoms with Crippen molar-refractivity contribution in [3.63, 3.8) is 0 Å². The lowest BCUT2D eigenvalue weighted by Gasteiger charge is -2.35. The molecule has 6 nitrogen and oxygen atoms in total. The van der Waals surface area contributed by atoms with Gasteiger partial charge in [-0.15, -0.1) is 0 Å². The third-order valence-corrected chi connectivity index (χ3v) is 5.33. The molecular formula is C18H24FN3O3S. The zero-order valence-corrected chi connectivity index (χ0v) is 15.6. The number of hydrogen-bond acceptors (Lipinski definition) is 5. The van der Waals surface area contributed by atoms with Gasteiger partial charge in [0.1, 0.15) is 12.1 Å². The predicted molar refractivity (Wildman–Crippen MR) is 97.4 cm³/mol. The fraction of sp³-hybridized carbons (Fsp3) is 0.500. The SMILES string of the molecule is CS(=O)(=O)NCCC1CCCCN1Cc1coc(-c2ccc(F)cc2)n1. The highest BCUT2D eigenvalue weighted by Crippen LogP contribution is 2.24. The number of oxazole rings is 1. The number of sulfonamides is 1. The average molecular weight is 381 g/mol. The fourth-order valence-corrected chi connectivity index (χ4v) is 3.81. The minimum atomic E-state index is -3.15. The second kappa shape index (κ2) is 8.28. The first kappa shape index (κ1) is 19.0. The summed E-state index contributed by atoms with van der Waals surface area (Å²) in [5.74, 6) is 0.187. The molecule has 0 amide bonds. The van der Waals surface area contributed by atoms with Gasteiger partial charge in [0.2, 0.25) is 15.9 Å². The van der Waals surface area contributed by atoms with Crippen LogP contribution in [0.2, 0.25) is 0 Å². The largest absolute Gasteiger partial charge is 0.444 e. The van der Waals surface area contributed by atoms with E-state index in [0.29, 0.717) is 25.0 Å². The zero-order valence-electron chi connectivity index (χ0n) is 14.8. The lowest BCUT2D eigenvalue weighted by atomic mass is 9.99. The molecule has 142 valence electrons. The monoisotopic (exact) mass is 381 g/mol. The van der Waals surface area contributed by atoms with Crippen molar-refractivity contribution in [3.05, 3.63) is 42.0 Å². The lowest BCUT2D eigenvalue weighted by Crippen LogP contribution is -2.41. The molecule has 0 radical (unpaired) electrons. The Hall–Kier alpha value is -1.77. The molecule has 3 rings (SSSR count). The van der Waals surface area contributed by atoms with E-state index >= 15 is 0 Å². The van der Waals surface area contributed by atoms with Crippen molar-refractivity contribution < 1.29 is 17.2 Å². The summed E-state index contributed by atoms with van der Waals surface area (Å²) in [6.07, 6.45) is 6.92. The standard InChI is InChI=1S/C18H24FN3O3S/c1-26(23,24)20-10-9-17-4-2-3-11-22(17)12-16-13-25-18(21-16)14-5-7-15(19)8-6-14/h5-8,13,17,20H,2-4,9-12H2,1H3. The highest BCUT2D eigenvalue weighted by molar-refractivity contribution is 7.88. The van der Waals surface area contributed by atoms with Crippen LogP contribution >= 0.6 is 0 Å². The number of hydrogen-bond donors (Lipinski definition) is 1. The number of aromatic nitrogens is 1. The van der Waals surface area contributed by atoms with Crippen molar-refractivity contribution in [2.45, 2.75) is 38.3 Å². The minimum Gasteiger partial charge on any atom is -0.444 e. The summed E-state index contributed by atoms with van der Waals surface area (Å²) >= 11 is 0. The van der Waals surface area contributed by atoms with Gasteiger partial charge in [0, 0.05) is 24.7 Å². The highest BCUT2D eigenvalue weighted by Gasteiger charge is 2.23. The van der Waals surface area contributed by atoms with Crippen LogP contribution in [0.5, 0.6) is 0 Å². The molecule has 1 aromatic heterocycles. The Bertz CT molecular complexity index is 820. The van der Waals surface area contributed by atoms with E-state index in [0.717, 1.165) is 43.5 Å². The molecular weight excluding hydrogens is 357 g/mol. The summed E-state index contributed by atoms with van der Waals surface area (Å²) in [5, 5.41) is 0. The van der Waals surface area contributed by atoms with Gasteiger partial charge in [-0.3, -0.25) is 4.90 Å². The van der Waals surface area contributed by atoms with E-state index in [1.54, 1.807) is 18.4 Å². The molecule has 1 saturated heterocycles. The van der Waals surface area contributed by atoms with Gasteiger partial charge in [-0.1, -0.05) is 6.42 Å². The van der Waals surface area contributed by atoms with E-state index in [-0.39, 0.29) is 5.82 Å². The van der Waals surface area contributed by atoms with Crippen molar-refractivity contribution in [2.24, 2.45) is 0 Å². The Morgan fingerprint density at radius 3 is 2.81 bits per heavy atom. The van der Waals surface area contributed by atoms with E-state index in [2.05, 4.69) is 14.6 Å². The Balaban J connectivity index is 1.61. The second-order valence-corrected chi connectivity index (χ2v) is 8.56. The van der Waals surface area contributed by atoms with Gasteiger partial charge < -0.3 is 4.42 Å². The summed E-state index contributed by atoms with van der Waals surface area (Å²) < 4.78 is 43.6. The van der Waals surface area contributed by atoms with Crippen LogP contribution in [0, 0.1) is 5.82 Å². The van der Waals surface area contributed by atoms with E-state index in [1.807, 2.05) is 0 Å². The molecule has 1 fully saturated rings. The van der Waals surface area contributed by atoms with Crippen LogP contribution in [-0.2, 0) is 16.6 Å². The maximum atomic E-state index is 13.0. The number of rotatable bonds is 7. The summed E-state index contributed by atoms with van der Waals surface area (Å²) in [6, 6.07) is 6.38. The lowest BCUT2D eigenvalue weighted by molar-refractivity contribution is 0.131. The van der Waals surface area contributed by atoms with Crippen molar-refractivity contribution >= 4 is 10.0 Å². The van der Waals surface area contributed by atoms with Gasteiger partial charge in [0.15, 0.2) is 0 Å². The Morgan fingerprint density at radius 1 is 1.31 bits per heavy atom. The normalized spacial score (nSPS) is 18.9. The van der Waals surface area contributed by atoms with E-state index < -0.39 is 10.0 Å². The molecule has 1 aliphatic rings. The molecule has 0 spiro atoms. The van der Waals surface area contributed by atoms with Gasteiger partial charge >= 0.3 is 0 Å². The predicted octanol–water partition coefficient (Wildman–Crippen LogP) is 2.77. The van der Waals surface area contributed by atoms with Crippen LogP contribution in [-0.4, -0.2) is 43.7 Å². The summed E-state index contributed by atoms with van der Waals surface area (Å²) in [6.45, 7) is 2.07. The molecule has 26 heavy (non-hydrogen) atoms. The summed E-state index contributed by atoms with van der Waals surface area (Å²) in [5.41, 5.74) is 1.57. The Labute approximate surface area is 153 Å². The highest BCUT2D eigenvalue weighted by atomic mass is 32.2. The van der Waals surface area contributed by atoms with Gasteiger partial charge in [0.05, 0.1) is 11.9 Å². The van der Waals surface area contributed by atoms with Gasteiger partial charge in [-0.25, -0.2) is 22.5 Å². The molecule has 2 heterocycles. The number of nitrogens with zero attached hydrogens (tertiary/aromatic N) is 2. The number of halogens is 1. The van der Waals surface area contributed by atoms with E-state index in [1.165, 1.54) is 18.4 Å². The van der Waals surface area contributed by atoms with Crippen molar-refractivity contribution in [2.75, 3.05) is 19.3 Å². The van der Waals surface area contributed by atoms with Crippen molar-refractivity contribution in [1.29, 1.82) is 0 Å². The maximum absolute atomic E-state index is 13.0. The molecule has 0 saturated carbocycles. The van der Waals surface area contributed by atoms with Crippen LogP contribution < -0.4 is 4.72 Å². The van der Waals surface area contributed by atoms with Gasteiger partial charge in [-0.2, -0.15) is 0 Å². The molecule has 1 aromatic carbocycles. The minimum absolute atomic E-state index is 0.292. The average Bonchev–Trinajstić information content (AvgIpc) is 3.04. The van der Waals surface area contributed by atoms with Crippen molar-refractivity contribution in [1.82, 2.24) is 14.6 Å². The smallest absolute Gasteiger partial charge is 0.226 e. The third-order valence-electron chi connectivity index (χ3n) is 4.60. The zero-order chi connectivity index (χ0) is 18.6. The molecule has 1 N–H and O–H groups in total. The molecule has 1 unspecified atom stereocenters. The molecule has 2 aromatic rings. The summed E-state index contributed by atoms with van der Waals surface area (Å²) in [4.78, 5) is 6.85. The van der Waals surface area contributed by atoms with Crippen LogP contribution in [0.15, 0.2) is 34.9 Å². The number of piperidine rings is 1. The quantitative estimate of drug-likeness (QED) is 0.798. The molecule has 1 aliphatic heterocycles.